The van der Waals surface area contributed by atoms with Gasteiger partial charge in [-0.2, -0.15) is 0 Å². The number of amides is 2. The zero-order valence-corrected chi connectivity index (χ0v) is 15.1. The number of nitrogens with one attached hydrogen (secondary N) is 2. The van der Waals surface area contributed by atoms with Crippen LogP contribution in [0, 0.1) is 5.92 Å². The second-order valence-electron chi connectivity index (χ2n) is 7.64. The monoisotopic (exact) mass is 359 g/mol. The number of likely N-dealkylation sites (tertiary alicyclic amines) is 1. The molecule has 1 aliphatic carbocycles. The molecule has 1 saturated heterocycles. The molecule has 26 heavy (non-hydrogen) atoms. The van der Waals surface area contributed by atoms with Crippen LogP contribution in [0.4, 0.5) is 5.95 Å². The minimum Gasteiger partial charge on any atom is -0.376 e. The molecular formula is C18H25N5O3. The second kappa shape index (κ2) is 6.83. The van der Waals surface area contributed by atoms with Gasteiger partial charge in [0.05, 0.1) is 30.9 Å². The molecule has 1 saturated carbocycles. The van der Waals surface area contributed by atoms with Gasteiger partial charge in [0, 0.05) is 38.3 Å². The van der Waals surface area contributed by atoms with Crippen LogP contribution in [0.25, 0.3) is 0 Å². The lowest BCUT2D eigenvalue weighted by atomic mass is 9.80. The van der Waals surface area contributed by atoms with E-state index in [1.165, 1.54) is 19.8 Å². The van der Waals surface area contributed by atoms with Gasteiger partial charge in [0.1, 0.15) is 0 Å². The zero-order chi connectivity index (χ0) is 18.1. The van der Waals surface area contributed by atoms with E-state index in [1.807, 2.05) is 6.20 Å². The van der Waals surface area contributed by atoms with Gasteiger partial charge in [-0.1, -0.05) is 0 Å². The fourth-order valence-electron chi connectivity index (χ4n) is 3.75. The van der Waals surface area contributed by atoms with Crippen LogP contribution in [0.2, 0.25) is 0 Å². The van der Waals surface area contributed by atoms with E-state index in [4.69, 9.17) is 9.72 Å². The molecule has 8 nitrogen and oxygen atoms in total. The number of ether oxygens (including phenoxy) is 1. The Morgan fingerprint density at radius 3 is 3.04 bits per heavy atom. The third-order valence-corrected chi connectivity index (χ3v) is 5.44. The molecule has 0 bridgehead atoms. The first-order chi connectivity index (χ1) is 12.6. The van der Waals surface area contributed by atoms with Gasteiger partial charge in [-0.15, -0.1) is 0 Å². The van der Waals surface area contributed by atoms with Crippen LogP contribution in [0.5, 0.6) is 0 Å². The van der Waals surface area contributed by atoms with Gasteiger partial charge >= 0.3 is 0 Å². The van der Waals surface area contributed by atoms with Crippen LogP contribution in [-0.4, -0.2) is 59.5 Å². The predicted molar refractivity (Wildman–Crippen MR) is 94.5 cm³/mol. The summed E-state index contributed by atoms with van der Waals surface area (Å²) in [5, 5.41) is 5.92. The molecule has 2 amide bonds. The van der Waals surface area contributed by atoms with E-state index in [0.29, 0.717) is 32.3 Å². The van der Waals surface area contributed by atoms with Crippen molar-refractivity contribution in [3.63, 3.8) is 0 Å². The molecule has 3 heterocycles. The van der Waals surface area contributed by atoms with Crippen molar-refractivity contribution in [3.05, 3.63) is 17.5 Å². The first-order valence-corrected chi connectivity index (χ1v) is 9.26. The lowest BCUT2D eigenvalue weighted by molar-refractivity contribution is -0.131. The minimum atomic E-state index is -0.279. The van der Waals surface area contributed by atoms with Crippen LogP contribution in [0.1, 0.15) is 37.4 Å². The van der Waals surface area contributed by atoms with Crippen molar-refractivity contribution in [3.8, 4) is 0 Å². The quantitative estimate of drug-likeness (QED) is 0.792. The molecule has 1 aromatic heterocycles. The number of nitrogens with zero attached hydrogens (tertiary/aromatic N) is 3. The molecule has 1 spiro atoms. The van der Waals surface area contributed by atoms with E-state index < -0.39 is 0 Å². The number of fused-ring (bicyclic) bond motifs is 2. The summed E-state index contributed by atoms with van der Waals surface area (Å²) >= 11 is 0. The third kappa shape index (κ3) is 3.51. The normalized spacial score (nSPS) is 24.4. The van der Waals surface area contributed by atoms with Crippen molar-refractivity contribution in [1.82, 2.24) is 20.2 Å². The number of carbonyl (C=O) groups is 2. The number of hydrogen-bond acceptors (Lipinski definition) is 6. The number of aromatic nitrogens is 2. The van der Waals surface area contributed by atoms with Crippen molar-refractivity contribution in [2.45, 2.75) is 38.2 Å². The minimum absolute atomic E-state index is 0.0388. The molecule has 8 heteroatoms. The summed E-state index contributed by atoms with van der Waals surface area (Å²) < 4.78 is 5.80. The zero-order valence-electron chi connectivity index (χ0n) is 15.1. The molecule has 3 aliphatic rings. The number of carbonyl (C=O) groups excluding carboxylic acids is 2. The summed E-state index contributed by atoms with van der Waals surface area (Å²) in [6.07, 6.45) is 5.22. The summed E-state index contributed by atoms with van der Waals surface area (Å²) in [6, 6.07) is 0. The van der Waals surface area contributed by atoms with Crippen LogP contribution >= 0.6 is 0 Å². The Kier molecular flexibility index (Phi) is 4.52. The van der Waals surface area contributed by atoms with Crippen molar-refractivity contribution in [1.29, 1.82) is 0 Å². The van der Waals surface area contributed by atoms with Crippen LogP contribution in [0.15, 0.2) is 6.20 Å². The van der Waals surface area contributed by atoms with E-state index >= 15 is 0 Å². The summed E-state index contributed by atoms with van der Waals surface area (Å²) in [5.41, 5.74) is 1.73. The molecule has 2 fully saturated rings. The van der Waals surface area contributed by atoms with Crippen LogP contribution < -0.4 is 10.6 Å². The first-order valence-electron chi connectivity index (χ1n) is 9.26. The highest BCUT2D eigenvalue weighted by atomic mass is 16.5. The Labute approximate surface area is 152 Å². The molecule has 0 aromatic carbocycles. The summed E-state index contributed by atoms with van der Waals surface area (Å²) in [7, 11) is 0. The summed E-state index contributed by atoms with van der Waals surface area (Å²) in [5.74, 6) is 1.16. The summed E-state index contributed by atoms with van der Waals surface area (Å²) in [6.45, 7) is 4.66. The van der Waals surface area contributed by atoms with E-state index in [2.05, 4.69) is 15.6 Å². The number of rotatable bonds is 5. The molecule has 1 atom stereocenters. The fourth-order valence-corrected chi connectivity index (χ4v) is 3.75. The van der Waals surface area contributed by atoms with Gasteiger partial charge in [-0.25, -0.2) is 9.97 Å². The molecule has 0 radical (unpaired) electrons. The topological polar surface area (TPSA) is 96.5 Å². The van der Waals surface area contributed by atoms with Gasteiger partial charge in [-0.3, -0.25) is 9.59 Å². The maximum absolute atomic E-state index is 12.4. The average Bonchev–Trinajstić information content (AvgIpc) is 3.38. The Morgan fingerprint density at radius 1 is 1.42 bits per heavy atom. The van der Waals surface area contributed by atoms with E-state index in [0.717, 1.165) is 30.1 Å². The molecule has 2 N–H and O–H groups in total. The maximum atomic E-state index is 12.4. The lowest BCUT2D eigenvalue weighted by Crippen LogP contribution is -2.44. The van der Waals surface area contributed by atoms with Gasteiger partial charge in [0.2, 0.25) is 17.8 Å². The van der Waals surface area contributed by atoms with E-state index in [9.17, 15) is 9.59 Å². The maximum Gasteiger partial charge on any atom is 0.241 e. The van der Waals surface area contributed by atoms with E-state index in [-0.39, 0.29) is 23.8 Å². The number of anilines is 1. The van der Waals surface area contributed by atoms with E-state index in [1.54, 1.807) is 4.90 Å². The largest absolute Gasteiger partial charge is 0.376 e. The predicted octanol–water partition coefficient (Wildman–Crippen LogP) is 0.435. The second-order valence-corrected chi connectivity index (χ2v) is 7.64. The number of hydrogen-bond donors (Lipinski definition) is 2. The highest BCUT2D eigenvalue weighted by Crippen LogP contribution is 2.39. The van der Waals surface area contributed by atoms with Crippen molar-refractivity contribution >= 4 is 17.8 Å². The highest BCUT2D eigenvalue weighted by Gasteiger charge is 2.46. The SMILES string of the molecule is CC(=O)NCC(=O)N1CC[C@]2(COCc3cnc(NCC4CC4)nc32)C1. The van der Waals surface area contributed by atoms with Gasteiger partial charge in [0.25, 0.3) is 0 Å². The Hall–Kier alpha value is -2.22. The fraction of sp³-hybridized carbons (Fsp3) is 0.667. The third-order valence-electron chi connectivity index (χ3n) is 5.44. The van der Waals surface area contributed by atoms with Crippen molar-refractivity contribution in [2.75, 3.05) is 38.1 Å². The average molecular weight is 359 g/mol. The summed E-state index contributed by atoms with van der Waals surface area (Å²) in [4.78, 5) is 34.4. The standard InChI is InChI=1S/C18H25N5O3/c1-12(24)19-8-15(25)23-5-4-18(10-23)11-26-9-14-7-21-17(22-16(14)18)20-6-13-2-3-13/h7,13H,2-6,8-11H2,1H3,(H,19,24)(H,20,21,22)/t18-/m1/s1. The molecule has 2 aliphatic heterocycles. The Morgan fingerprint density at radius 2 is 2.27 bits per heavy atom. The van der Waals surface area contributed by atoms with Gasteiger partial charge in [0.15, 0.2) is 0 Å². The molecule has 0 unspecified atom stereocenters. The smallest absolute Gasteiger partial charge is 0.241 e. The van der Waals surface area contributed by atoms with Crippen LogP contribution in [-0.2, 0) is 26.3 Å². The van der Waals surface area contributed by atoms with Gasteiger partial charge < -0.3 is 20.3 Å². The van der Waals surface area contributed by atoms with Crippen LogP contribution in [0.3, 0.4) is 0 Å². The molecule has 1 aromatic rings. The van der Waals surface area contributed by atoms with Gasteiger partial charge in [-0.05, 0) is 25.2 Å². The highest BCUT2D eigenvalue weighted by molar-refractivity contribution is 5.84. The molecule has 140 valence electrons. The van der Waals surface area contributed by atoms with Crippen molar-refractivity contribution < 1.29 is 14.3 Å². The van der Waals surface area contributed by atoms with Crippen molar-refractivity contribution in [2.24, 2.45) is 5.92 Å². The Bertz CT molecular complexity index is 721. The lowest BCUT2D eigenvalue weighted by Gasteiger charge is -2.34. The first kappa shape index (κ1) is 17.2. The molecular weight excluding hydrogens is 334 g/mol. The molecule has 4 rings (SSSR count). The Balaban J connectivity index is 1.49.